The van der Waals surface area contributed by atoms with Crippen molar-refractivity contribution in [3.05, 3.63) is 66.2 Å². The first-order valence-corrected chi connectivity index (χ1v) is 7.05. The van der Waals surface area contributed by atoms with Crippen molar-refractivity contribution in [2.75, 3.05) is 24.5 Å². The van der Waals surface area contributed by atoms with E-state index in [9.17, 15) is 4.39 Å². The van der Waals surface area contributed by atoms with Crippen LogP contribution in [-0.2, 0) is 6.54 Å². The van der Waals surface area contributed by atoms with Crippen molar-refractivity contribution in [1.29, 1.82) is 0 Å². The maximum Gasteiger partial charge on any atom is 0.171 e. The fourth-order valence-corrected chi connectivity index (χ4v) is 2.65. The molecule has 0 spiro atoms. The number of benzene rings is 2. The standard InChI is InChI=1S/C17H19FN2/c18-17-14-19(16-9-5-2-6-10-16)11-12-20(17)13-15-7-3-1-4-8-15/h1-10,17H,11-14H2. The van der Waals surface area contributed by atoms with E-state index in [4.69, 9.17) is 0 Å². The largest absolute Gasteiger partial charge is 0.366 e. The SMILES string of the molecule is FC1CN(c2ccccc2)CCN1Cc1ccccc1. The van der Waals surface area contributed by atoms with Crippen LogP contribution in [0.1, 0.15) is 5.56 Å². The summed E-state index contributed by atoms with van der Waals surface area (Å²) in [6.07, 6.45) is -0.913. The summed E-state index contributed by atoms with van der Waals surface area (Å²) in [6.45, 7) is 2.75. The highest BCUT2D eigenvalue weighted by Gasteiger charge is 2.26. The summed E-state index contributed by atoms with van der Waals surface area (Å²) in [6, 6.07) is 20.2. The van der Waals surface area contributed by atoms with Gasteiger partial charge in [0.1, 0.15) is 0 Å². The maximum atomic E-state index is 14.4. The lowest BCUT2D eigenvalue weighted by Gasteiger charge is -2.38. The van der Waals surface area contributed by atoms with Crippen LogP contribution in [0.4, 0.5) is 10.1 Å². The summed E-state index contributed by atoms with van der Waals surface area (Å²) in [7, 11) is 0. The molecule has 2 aromatic rings. The number of halogens is 1. The molecule has 1 unspecified atom stereocenters. The number of para-hydroxylation sites is 1. The lowest BCUT2D eigenvalue weighted by Crippen LogP contribution is -2.50. The molecule has 0 amide bonds. The Morgan fingerprint density at radius 2 is 1.55 bits per heavy atom. The van der Waals surface area contributed by atoms with E-state index in [2.05, 4.69) is 17.0 Å². The monoisotopic (exact) mass is 270 g/mol. The van der Waals surface area contributed by atoms with Crippen LogP contribution < -0.4 is 4.90 Å². The van der Waals surface area contributed by atoms with Crippen LogP contribution in [0.5, 0.6) is 0 Å². The number of hydrogen-bond acceptors (Lipinski definition) is 2. The lowest BCUT2D eigenvalue weighted by atomic mass is 10.2. The van der Waals surface area contributed by atoms with E-state index in [0.717, 1.165) is 18.8 Å². The highest BCUT2D eigenvalue weighted by atomic mass is 19.1. The Labute approximate surface area is 119 Å². The van der Waals surface area contributed by atoms with Gasteiger partial charge in [0.2, 0.25) is 0 Å². The smallest absolute Gasteiger partial charge is 0.171 e. The Hall–Kier alpha value is -1.87. The van der Waals surface area contributed by atoms with E-state index in [1.165, 1.54) is 5.56 Å². The maximum absolute atomic E-state index is 14.4. The summed E-state index contributed by atoms with van der Waals surface area (Å²) in [5, 5.41) is 0. The molecule has 104 valence electrons. The van der Waals surface area contributed by atoms with Gasteiger partial charge in [0.05, 0.1) is 6.54 Å². The van der Waals surface area contributed by atoms with Gasteiger partial charge in [0.15, 0.2) is 6.30 Å². The molecule has 0 aliphatic carbocycles. The van der Waals surface area contributed by atoms with Crippen molar-refractivity contribution in [1.82, 2.24) is 4.90 Å². The first-order valence-electron chi connectivity index (χ1n) is 7.05. The summed E-state index contributed by atoms with van der Waals surface area (Å²) in [5.74, 6) is 0. The predicted octanol–water partition coefficient (Wildman–Crippen LogP) is 3.30. The van der Waals surface area contributed by atoms with E-state index in [1.807, 2.05) is 53.4 Å². The summed E-state index contributed by atoms with van der Waals surface area (Å²) >= 11 is 0. The van der Waals surface area contributed by atoms with Gasteiger partial charge in [-0.3, -0.25) is 4.90 Å². The molecule has 0 saturated carbocycles. The minimum Gasteiger partial charge on any atom is -0.366 e. The molecule has 0 aromatic heterocycles. The quantitative estimate of drug-likeness (QED) is 0.790. The summed E-state index contributed by atoms with van der Waals surface area (Å²) < 4.78 is 14.4. The molecule has 3 heteroatoms. The molecule has 3 rings (SSSR count). The van der Waals surface area contributed by atoms with Crippen molar-refractivity contribution in [3.63, 3.8) is 0 Å². The van der Waals surface area contributed by atoms with Crippen LogP contribution in [0.25, 0.3) is 0 Å². The van der Waals surface area contributed by atoms with Gasteiger partial charge >= 0.3 is 0 Å². The van der Waals surface area contributed by atoms with Crippen LogP contribution in [0.15, 0.2) is 60.7 Å². The third-order valence-electron chi connectivity index (χ3n) is 3.77. The Kier molecular flexibility index (Phi) is 3.97. The molecule has 1 aliphatic heterocycles. The van der Waals surface area contributed by atoms with Gasteiger partial charge in [-0.25, -0.2) is 4.39 Å². The molecule has 1 atom stereocenters. The third-order valence-corrected chi connectivity index (χ3v) is 3.77. The molecule has 2 aromatic carbocycles. The van der Waals surface area contributed by atoms with Crippen LogP contribution in [0.2, 0.25) is 0 Å². The van der Waals surface area contributed by atoms with E-state index in [-0.39, 0.29) is 0 Å². The van der Waals surface area contributed by atoms with E-state index < -0.39 is 6.30 Å². The van der Waals surface area contributed by atoms with Gasteiger partial charge in [-0.1, -0.05) is 48.5 Å². The average molecular weight is 270 g/mol. The van der Waals surface area contributed by atoms with Gasteiger partial charge in [0, 0.05) is 25.3 Å². The first-order chi connectivity index (χ1) is 9.83. The zero-order chi connectivity index (χ0) is 13.8. The molecule has 0 bridgehead atoms. The molecule has 1 fully saturated rings. The number of rotatable bonds is 3. The Morgan fingerprint density at radius 1 is 0.900 bits per heavy atom. The van der Waals surface area contributed by atoms with Gasteiger partial charge in [-0.2, -0.15) is 0 Å². The fraction of sp³-hybridized carbons (Fsp3) is 0.294. The van der Waals surface area contributed by atoms with Crippen molar-refractivity contribution < 1.29 is 4.39 Å². The third kappa shape index (κ3) is 2.99. The van der Waals surface area contributed by atoms with E-state index >= 15 is 0 Å². The molecule has 20 heavy (non-hydrogen) atoms. The molecular weight excluding hydrogens is 251 g/mol. The van der Waals surface area contributed by atoms with E-state index in [0.29, 0.717) is 13.1 Å². The van der Waals surface area contributed by atoms with Gasteiger partial charge in [0.25, 0.3) is 0 Å². The molecular formula is C17H19FN2. The second-order valence-corrected chi connectivity index (χ2v) is 5.17. The fourth-order valence-electron chi connectivity index (χ4n) is 2.65. The lowest BCUT2D eigenvalue weighted by molar-refractivity contribution is 0.0635. The van der Waals surface area contributed by atoms with Crippen LogP contribution in [0.3, 0.4) is 0 Å². The van der Waals surface area contributed by atoms with E-state index in [1.54, 1.807) is 0 Å². The van der Waals surface area contributed by atoms with Crippen molar-refractivity contribution in [2.45, 2.75) is 12.8 Å². The van der Waals surface area contributed by atoms with Crippen molar-refractivity contribution >= 4 is 5.69 Å². The van der Waals surface area contributed by atoms with Crippen LogP contribution in [-0.4, -0.2) is 30.8 Å². The number of alkyl halides is 1. The topological polar surface area (TPSA) is 6.48 Å². The highest BCUT2D eigenvalue weighted by Crippen LogP contribution is 2.20. The van der Waals surface area contributed by atoms with Crippen molar-refractivity contribution in [3.8, 4) is 0 Å². The van der Waals surface area contributed by atoms with Crippen LogP contribution >= 0.6 is 0 Å². The number of anilines is 1. The number of hydrogen-bond donors (Lipinski definition) is 0. The number of nitrogens with zero attached hydrogens (tertiary/aromatic N) is 2. The van der Waals surface area contributed by atoms with Crippen LogP contribution in [0, 0.1) is 0 Å². The molecule has 1 heterocycles. The summed E-state index contributed by atoms with van der Waals surface area (Å²) in [5.41, 5.74) is 2.28. The number of piperazine rings is 1. The highest BCUT2D eigenvalue weighted by molar-refractivity contribution is 5.46. The molecule has 1 aliphatic rings. The van der Waals surface area contributed by atoms with Gasteiger partial charge < -0.3 is 4.90 Å². The average Bonchev–Trinajstić information content (AvgIpc) is 2.51. The first kappa shape index (κ1) is 13.1. The Bertz CT molecular complexity index is 529. The normalized spacial score (nSPS) is 20.1. The zero-order valence-electron chi connectivity index (χ0n) is 11.5. The minimum absolute atomic E-state index is 0.441. The second kappa shape index (κ2) is 6.06. The molecule has 1 saturated heterocycles. The Balaban J connectivity index is 1.63. The second-order valence-electron chi connectivity index (χ2n) is 5.17. The molecule has 0 N–H and O–H groups in total. The predicted molar refractivity (Wildman–Crippen MR) is 80.4 cm³/mol. The molecule has 0 radical (unpaired) electrons. The van der Waals surface area contributed by atoms with Crippen molar-refractivity contribution in [2.24, 2.45) is 0 Å². The minimum atomic E-state index is -0.913. The van der Waals surface area contributed by atoms with Gasteiger partial charge in [-0.15, -0.1) is 0 Å². The Morgan fingerprint density at radius 3 is 2.20 bits per heavy atom. The molecule has 2 nitrogen and oxygen atoms in total. The van der Waals surface area contributed by atoms with Gasteiger partial charge in [-0.05, 0) is 17.7 Å². The zero-order valence-corrected chi connectivity index (χ0v) is 11.5. The summed E-state index contributed by atoms with van der Waals surface area (Å²) in [4.78, 5) is 4.03.